The number of nitrogens with zero attached hydrogens (tertiary/aromatic N) is 2. The highest BCUT2D eigenvalue weighted by Gasteiger charge is 2.29. The third-order valence-corrected chi connectivity index (χ3v) is 4.47. The van der Waals surface area contributed by atoms with E-state index < -0.39 is 18.4 Å². The number of fused-ring (bicyclic) bond motifs is 1. The van der Waals surface area contributed by atoms with Gasteiger partial charge in [-0.15, -0.1) is 0 Å². The van der Waals surface area contributed by atoms with Crippen LogP contribution in [0.4, 0.5) is 0 Å². The molecule has 8 nitrogen and oxygen atoms in total. The lowest BCUT2D eigenvalue weighted by molar-refractivity contribution is 0.0475. The maximum atomic E-state index is 12.6. The van der Waals surface area contributed by atoms with Gasteiger partial charge < -0.3 is 19.5 Å². The first-order valence-corrected chi connectivity index (χ1v) is 8.43. The molecule has 1 saturated carbocycles. The number of rotatable bonds is 5. The molecule has 138 valence electrons. The van der Waals surface area contributed by atoms with Gasteiger partial charge in [-0.1, -0.05) is 5.16 Å². The number of Topliss-reactive ketones (excluding diaryl/α,β-unsaturated/α-hetero) is 1. The molecule has 2 heterocycles. The number of phenols is 2. The minimum atomic E-state index is -0.692. The SMILES string of the molecule is Cc1noc2nc(C3CC3)cc(C(=O)OCC(=O)c3ccc(O)cc3O)c12. The van der Waals surface area contributed by atoms with Crippen molar-refractivity contribution >= 4 is 22.9 Å². The monoisotopic (exact) mass is 368 g/mol. The van der Waals surface area contributed by atoms with E-state index in [1.165, 1.54) is 12.1 Å². The number of benzene rings is 1. The van der Waals surface area contributed by atoms with Crippen LogP contribution in [-0.4, -0.2) is 38.7 Å². The normalized spacial score (nSPS) is 13.7. The van der Waals surface area contributed by atoms with Gasteiger partial charge in [0.05, 0.1) is 22.2 Å². The summed E-state index contributed by atoms with van der Waals surface area (Å²) >= 11 is 0. The molecule has 27 heavy (non-hydrogen) atoms. The van der Waals surface area contributed by atoms with E-state index in [0.29, 0.717) is 17.0 Å². The Balaban J connectivity index is 1.57. The van der Waals surface area contributed by atoms with Gasteiger partial charge in [-0.25, -0.2) is 9.78 Å². The molecule has 0 bridgehead atoms. The van der Waals surface area contributed by atoms with E-state index in [0.717, 1.165) is 24.6 Å². The lowest BCUT2D eigenvalue weighted by Gasteiger charge is -2.08. The van der Waals surface area contributed by atoms with Crippen molar-refractivity contribution < 1.29 is 29.1 Å². The Morgan fingerprint density at radius 1 is 1.22 bits per heavy atom. The molecule has 1 fully saturated rings. The Bertz CT molecular complexity index is 1070. The van der Waals surface area contributed by atoms with Gasteiger partial charge in [0.1, 0.15) is 11.5 Å². The van der Waals surface area contributed by atoms with Crippen LogP contribution in [0.15, 0.2) is 28.8 Å². The first-order valence-electron chi connectivity index (χ1n) is 8.43. The molecule has 3 aromatic rings. The van der Waals surface area contributed by atoms with E-state index in [1.807, 2.05) is 0 Å². The van der Waals surface area contributed by atoms with Crippen LogP contribution in [0.5, 0.6) is 11.5 Å². The number of aryl methyl sites for hydroxylation is 1. The van der Waals surface area contributed by atoms with Crippen molar-refractivity contribution in [3.05, 3.63) is 46.8 Å². The van der Waals surface area contributed by atoms with E-state index in [4.69, 9.17) is 9.26 Å². The molecule has 0 atom stereocenters. The van der Waals surface area contributed by atoms with E-state index in [9.17, 15) is 19.8 Å². The molecular formula is C19H16N2O6. The maximum Gasteiger partial charge on any atom is 0.339 e. The summed E-state index contributed by atoms with van der Waals surface area (Å²) in [6.07, 6.45) is 2.00. The largest absolute Gasteiger partial charge is 0.508 e. The number of ether oxygens (including phenoxy) is 1. The average molecular weight is 368 g/mol. The maximum absolute atomic E-state index is 12.6. The summed E-state index contributed by atoms with van der Waals surface area (Å²) in [5.74, 6) is -1.54. The predicted molar refractivity (Wildman–Crippen MR) is 92.9 cm³/mol. The molecule has 0 aliphatic heterocycles. The van der Waals surface area contributed by atoms with Crippen molar-refractivity contribution in [1.82, 2.24) is 10.1 Å². The average Bonchev–Trinajstić information content (AvgIpc) is 3.42. The zero-order chi connectivity index (χ0) is 19.1. The van der Waals surface area contributed by atoms with Crippen molar-refractivity contribution in [1.29, 1.82) is 0 Å². The number of aromatic hydroxyl groups is 2. The first kappa shape index (κ1) is 17.0. The highest BCUT2D eigenvalue weighted by atomic mass is 16.5. The molecule has 0 spiro atoms. The first-order chi connectivity index (χ1) is 12.9. The van der Waals surface area contributed by atoms with Gasteiger partial charge in [0.25, 0.3) is 5.71 Å². The fraction of sp³-hybridized carbons (Fsp3) is 0.263. The van der Waals surface area contributed by atoms with Crippen LogP contribution in [0.25, 0.3) is 11.1 Å². The number of ketones is 1. The fourth-order valence-electron chi connectivity index (χ4n) is 2.91. The third-order valence-electron chi connectivity index (χ3n) is 4.47. The van der Waals surface area contributed by atoms with Crippen molar-refractivity contribution in [3.8, 4) is 11.5 Å². The van der Waals surface area contributed by atoms with Gasteiger partial charge in [0.15, 0.2) is 6.61 Å². The number of pyridine rings is 1. The van der Waals surface area contributed by atoms with Gasteiger partial charge in [0, 0.05) is 17.7 Å². The van der Waals surface area contributed by atoms with Crippen LogP contribution in [0.2, 0.25) is 0 Å². The predicted octanol–water partition coefficient (Wildman–Crippen LogP) is 2.86. The standard InChI is InChI=1S/C19H16N2O6/c1-9-17-13(7-14(10-2-3-10)20-18(17)27-21-9)19(25)26-8-16(24)12-5-4-11(22)6-15(12)23/h4-7,10,22-23H,2-3,8H2,1H3. The van der Waals surface area contributed by atoms with Crippen molar-refractivity contribution in [2.24, 2.45) is 0 Å². The van der Waals surface area contributed by atoms with E-state index in [-0.39, 0.29) is 28.3 Å². The van der Waals surface area contributed by atoms with E-state index in [1.54, 1.807) is 13.0 Å². The van der Waals surface area contributed by atoms with Gasteiger partial charge in [-0.2, -0.15) is 0 Å². The van der Waals surface area contributed by atoms with Crippen LogP contribution < -0.4 is 0 Å². The van der Waals surface area contributed by atoms with Gasteiger partial charge in [0.2, 0.25) is 5.78 Å². The Kier molecular flexibility index (Phi) is 4.02. The lowest BCUT2D eigenvalue weighted by Crippen LogP contribution is -2.15. The van der Waals surface area contributed by atoms with Crippen molar-refractivity contribution in [2.45, 2.75) is 25.7 Å². The van der Waals surface area contributed by atoms with Gasteiger partial charge in [-0.3, -0.25) is 4.79 Å². The molecule has 8 heteroatoms. The molecule has 0 radical (unpaired) electrons. The number of hydrogen-bond donors (Lipinski definition) is 2. The Morgan fingerprint density at radius 3 is 2.70 bits per heavy atom. The minimum absolute atomic E-state index is 0.0414. The number of phenolic OH excluding ortho intramolecular Hbond substituents is 2. The molecule has 0 amide bonds. The molecule has 2 N–H and O–H groups in total. The van der Waals surface area contributed by atoms with Crippen LogP contribution in [-0.2, 0) is 4.74 Å². The van der Waals surface area contributed by atoms with Crippen LogP contribution in [0, 0.1) is 6.92 Å². The Labute approximate surface area is 153 Å². The summed E-state index contributed by atoms with van der Waals surface area (Å²) in [5.41, 5.74) is 1.73. The zero-order valence-corrected chi connectivity index (χ0v) is 14.4. The summed E-state index contributed by atoms with van der Waals surface area (Å²) in [7, 11) is 0. The molecule has 1 aromatic carbocycles. The summed E-state index contributed by atoms with van der Waals surface area (Å²) < 4.78 is 10.3. The molecule has 4 rings (SSSR count). The van der Waals surface area contributed by atoms with Crippen LogP contribution >= 0.6 is 0 Å². The topological polar surface area (TPSA) is 123 Å². The fourth-order valence-corrected chi connectivity index (χ4v) is 2.91. The Hall–Kier alpha value is -3.42. The number of aromatic nitrogens is 2. The summed E-state index contributed by atoms with van der Waals surface area (Å²) in [4.78, 5) is 29.2. The molecule has 2 aromatic heterocycles. The smallest absolute Gasteiger partial charge is 0.339 e. The second-order valence-electron chi connectivity index (χ2n) is 6.52. The van der Waals surface area contributed by atoms with E-state index in [2.05, 4.69) is 10.1 Å². The number of esters is 1. The van der Waals surface area contributed by atoms with E-state index >= 15 is 0 Å². The summed E-state index contributed by atoms with van der Waals surface area (Å²) in [5, 5.41) is 23.4. The van der Waals surface area contributed by atoms with Crippen LogP contribution in [0.3, 0.4) is 0 Å². The van der Waals surface area contributed by atoms with Crippen molar-refractivity contribution in [3.63, 3.8) is 0 Å². The van der Waals surface area contributed by atoms with Gasteiger partial charge >= 0.3 is 5.97 Å². The number of carbonyl (C=O) groups is 2. The Morgan fingerprint density at radius 2 is 2.00 bits per heavy atom. The molecule has 1 aliphatic rings. The summed E-state index contributed by atoms with van der Waals surface area (Å²) in [6.45, 7) is 1.14. The molecule has 0 unspecified atom stereocenters. The number of carbonyl (C=O) groups excluding carboxylic acids is 2. The van der Waals surface area contributed by atoms with Crippen LogP contribution in [0.1, 0.15) is 50.9 Å². The van der Waals surface area contributed by atoms with Crippen molar-refractivity contribution in [2.75, 3.05) is 6.61 Å². The second-order valence-corrected chi connectivity index (χ2v) is 6.52. The zero-order valence-electron chi connectivity index (χ0n) is 14.4. The highest BCUT2D eigenvalue weighted by Crippen LogP contribution is 2.40. The summed E-state index contributed by atoms with van der Waals surface area (Å²) in [6, 6.07) is 5.24. The molecule has 0 saturated heterocycles. The molecule has 1 aliphatic carbocycles. The highest BCUT2D eigenvalue weighted by molar-refractivity contribution is 6.05. The third kappa shape index (κ3) is 3.21. The minimum Gasteiger partial charge on any atom is -0.508 e. The van der Waals surface area contributed by atoms with Gasteiger partial charge in [-0.05, 0) is 38.0 Å². The molecular weight excluding hydrogens is 352 g/mol. The lowest BCUT2D eigenvalue weighted by atomic mass is 10.1. The quantitative estimate of drug-likeness (QED) is 0.520. The second kappa shape index (κ2) is 6.39. The number of hydrogen-bond acceptors (Lipinski definition) is 8.